The lowest BCUT2D eigenvalue weighted by Gasteiger charge is -2.04. The zero-order valence-corrected chi connectivity index (χ0v) is 10.1. The second kappa shape index (κ2) is 5.07. The van der Waals surface area contributed by atoms with Crippen molar-refractivity contribution < 1.29 is 4.52 Å². The van der Waals surface area contributed by atoms with Crippen LogP contribution in [0.1, 0.15) is 39.4 Å². The summed E-state index contributed by atoms with van der Waals surface area (Å²) in [6.45, 7) is 8.16. The Kier molecular flexibility index (Phi) is 4.03. The van der Waals surface area contributed by atoms with E-state index in [4.69, 9.17) is 4.52 Å². The van der Waals surface area contributed by atoms with Gasteiger partial charge in [-0.15, -0.1) is 0 Å². The maximum Gasteiger partial charge on any atom is 0.253 e. The van der Waals surface area contributed by atoms with E-state index in [2.05, 4.69) is 22.4 Å². The fourth-order valence-electron chi connectivity index (χ4n) is 1.08. The van der Waals surface area contributed by atoms with E-state index in [1.165, 1.54) is 5.57 Å². The first-order valence-electron chi connectivity index (χ1n) is 5.19. The molecule has 1 heterocycles. The number of nitrogens with zero attached hydrogens (tertiary/aromatic N) is 2. The Bertz CT molecular complexity index is 350. The summed E-state index contributed by atoms with van der Waals surface area (Å²) < 4.78 is 5.19. The van der Waals surface area contributed by atoms with Crippen LogP contribution in [0, 0.1) is 0 Å². The molecule has 4 heteroatoms. The zero-order chi connectivity index (χ0) is 11.4. The molecule has 84 valence electrons. The molecule has 0 bridgehead atoms. The normalized spacial score (nSPS) is 12.6. The second-order valence-electron chi connectivity index (χ2n) is 4.03. The highest BCUT2D eigenvalue weighted by Crippen LogP contribution is 2.15. The summed E-state index contributed by atoms with van der Waals surface area (Å²) in [7, 11) is 1.92. The molecule has 1 N–H and O–H groups in total. The van der Waals surface area contributed by atoms with Crippen molar-refractivity contribution in [1.29, 1.82) is 0 Å². The van der Waals surface area contributed by atoms with Crippen molar-refractivity contribution in [2.45, 2.75) is 40.2 Å². The van der Waals surface area contributed by atoms with E-state index in [0.29, 0.717) is 11.9 Å². The highest BCUT2D eigenvalue weighted by molar-refractivity contribution is 5.58. The molecular weight excluding hydrogens is 190 g/mol. The third-order valence-electron chi connectivity index (χ3n) is 2.52. The van der Waals surface area contributed by atoms with Crippen molar-refractivity contribution in [3.05, 3.63) is 17.3 Å². The van der Waals surface area contributed by atoms with Gasteiger partial charge < -0.3 is 9.84 Å². The van der Waals surface area contributed by atoms with Crippen LogP contribution >= 0.6 is 0 Å². The average molecular weight is 209 g/mol. The van der Waals surface area contributed by atoms with Crippen LogP contribution in [-0.4, -0.2) is 23.2 Å². The molecule has 0 aliphatic heterocycles. The fourth-order valence-corrected chi connectivity index (χ4v) is 1.08. The highest BCUT2D eigenvalue weighted by Gasteiger charge is 2.10. The third-order valence-corrected chi connectivity index (χ3v) is 2.52. The maximum absolute atomic E-state index is 5.19. The molecule has 1 unspecified atom stereocenters. The largest absolute Gasteiger partial charge is 0.334 e. The Morgan fingerprint density at radius 3 is 2.60 bits per heavy atom. The van der Waals surface area contributed by atoms with E-state index in [1.807, 2.05) is 27.8 Å². The number of hydrogen-bond acceptors (Lipinski definition) is 4. The van der Waals surface area contributed by atoms with Gasteiger partial charge in [0.2, 0.25) is 0 Å². The Morgan fingerprint density at radius 1 is 1.40 bits per heavy atom. The predicted octanol–water partition coefficient (Wildman–Crippen LogP) is 2.03. The van der Waals surface area contributed by atoms with Crippen molar-refractivity contribution in [2.24, 2.45) is 0 Å². The second-order valence-corrected chi connectivity index (χ2v) is 4.03. The first-order chi connectivity index (χ1) is 7.04. The minimum atomic E-state index is 0.363. The number of aromatic nitrogens is 2. The molecular formula is C11H19N3O. The van der Waals surface area contributed by atoms with E-state index in [1.54, 1.807) is 0 Å². The summed E-state index contributed by atoms with van der Waals surface area (Å²) in [4.78, 5) is 4.34. The maximum atomic E-state index is 5.19. The van der Waals surface area contributed by atoms with Crippen LogP contribution in [0.15, 0.2) is 10.1 Å². The predicted molar refractivity (Wildman–Crippen MR) is 60.5 cm³/mol. The molecule has 0 saturated heterocycles. The fraction of sp³-hybridized carbons (Fsp3) is 0.636. The lowest BCUT2D eigenvalue weighted by atomic mass is 10.2. The molecule has 0 spiro atoms. The van der Waals surface area contributed by atoms with Gasteiger partial charge in [0.15, 0.2) is 5.82 Å². The van der Waals surface area contributed by atoms with Gasteiger partial charge in [-0.25, -0.2) is 0 Å². The van der Waals surface area contributed by atoms with E-state index in [9.17, 15) is 0 Å². The van der Waals surface area contributed by atoms with Crippen LogP contribution in [0.25, 0.3) is 5.57 Å². The van der Waals surface area contributed by atoms with Crippen molar-refractivity contribution in [2.75, 3.05) is 7.05 Å². The SMILES string of the molecule is CNC(C)Cc1noc(C(C)=C(C)C)n1. The smallest absolute Gasteiger partial charge is 0.253 e. The molecule has 15 heavy (non-hydrogen) atoms. The number of allylic oxidation sites excluding steroid dienone is 2. The number of hydrogen-bond donors (Lipinski definition) is 1. The minimum absolute atomic E-state index is 0.363. The van der Waals surface area contributed by atoms with Crippen LogP contribution in [0.2, 0.25) is 0 Å². The summed E-state index contributed by atoms with van der Waals surface area (Å²) in [5.41, 5.74) is 2.26. The third kappa shape index (κ3) is 3.16. The Labute approximate surface area is 90.8 Å². The van der Waals surface area contributed by atoms with Gasteiger partial charge in [0.05, 0.1) is 0 Å². The Morgan fingerprint density at radius 2 is 2.07 bits per heavy atom. The quantitative estimate of drug-likeness (QED) is 0.824. The van der Waals surface area contributed by atoms with Crippen molar-refractivity contribution in [3.8, 4) is 0 Å². The Hall–Kier alpha value is -1.16. The molecule has 0 saturated carbocycles. The molecule has 4 nitrogen and oxygen atoms in total. The van der Waals surface area contributed by atoms with Crippen LogP contribution in [-0.2, 0) is 6.42 Å². The molecule has 0 radical (unpaired) electrons. The van der Waals surface area contributed by atoms with Crippen molar-refractivity contribution >= 4 is 5.57 Å². The van der Waals surface area contributed by atoms with E-state index >= 15 is 0 Å². The average Bonchev–Trinajstić information content (AvgIpc) is 2.64. The minimum Gasteiger partial charge on any atom is -0.334 e. The summed E-state index contributed by atoms with van der Waals surface area (Å²) in [5.74, 6) is 1.39. The molecule has 0 aromatic carbocycles. The van der Waals surface area contributed by atoms with E-state index in [0.717, 1.165) is 17.8 Å². The van der Waals surface area contributed by atoms with Gasteiger partial charge in [-0.1, -0.05) is 10.7 Å². The topological polar surface area (TPSA) is 51.0 Å². The van der Waals surface area contributed by atoms with Crippen molar-refractivity contribution in [1.82, 2.24) is 15.5 Å². The molecule has 0 aliphatic carbocycles. The number of rotatable bonds is 4. The number of likely N-dealkylation sites (N-methyl/N-ethyl adjacent to an activating group) is 1. The molecule has 1 aromatic heterocycles. The standard InChI is InChI=1S/C11H19N3O/c1-7(2)9(4)11-13-10(14-15-11)6-8(3)12-5/h8,12H,6H2,1-5H3. The Balaban J connectivity index is 2.77. The first-order valence-corrected chi connectivity index (χ1v) is 5.19. The molecule has 0 amide bonds. The van der Waals surface area contributed by atoms with E-state index in [-0.39, 0.29) is 0 Å². The van der Waals surface area contributed by atoms with Gasteiger partial charge in [0, 0.05) is 18.0 Å². The van der Waals surface area contributed by atoms with Crippen LogP contribution < -0.4 is 5.32 Å². The van der Waals surface area contributed by atoms with Crippen LogP contribution in [0.5, 0.6) is 0 Å². The summed E-state index contributed by atoms with van der Waals surface area (Å²) >= 11 is 0. The van der Waals surface area contributed by atoms with Gasteiger partial charge in [-0.3, -0.25) is 0 Å². The first kappa shape index (κ1) is 11.9. The van der Waals surface area contributed by atoms with Gasteiger partial charge in [-0.2, -0.15) is 4.98 Å². The lowest BCUT2D eigenvalue weighted by molar-refractivity contribution is 0.397. The summed E-state index contributed by atoms with van der Waals surface area (Å²) in [5, 5.41) is 7.09. The van der Waals surface area contributed by atoms with Crippen molar-refractivity contribution in [3.63, 3.8) is 0 Å². The molecule has 0 aliphatic rings. The van der Waals surface area contributed by atoms with Gasteiger partial charge in [0.1, 0.15) is 0 Å². The summed E-state index contributed by atoms with van der Waals surface area (Å²) in [6, 6.07) is 0.363. The van der Waals surface area contributed by atoms with Crippen LogP contribution in [0.4, 0.5) is 0 Å². The molecule has 1 atom stereocenters. The van der Waals surface area contributed by atoms with Gasteiger partial charge >= 0.3 is 0 Å². The zero-order valence-electron chi connectivity index (χ0n) is 10.1. The lowest BCUT2D eigenvalue weighted by Crippen LogP contribution is -2.24. The number of nitrogens with one attached hydrogen (secondary N) is 1. The highest BCUT2D eigenvalue weighted by atomic mass is 16.5. The van der Waals surface area contributed by atoms with E-state index < -0.39 is 0 Å². The molecule has 1 rings (SSSR count). The van der Waals surface area contributed by atoms with Crippen LogP contribution in [0.3, 0.4) is 0 Å². The molecule has 0 fully saturated rings. The summed E-state index contributed by atoms with van der Waals surface area (Å²) in [6.07, 6.45) is 0.788. The molecule has 1 aromatic rings. The monoisotopic (exact) mass is 209 g/mol. The van der Waals surface area contributed by atoms with Gasteiger partial charge in [-0.05, 0) is 34.7 Å². The van der Waals surface area contributed by atoms with Gasteiger partial charge in [0.25, 0.3) is 5.89 Å².